The summed E-state index contributed by atoms with van der Waals surface area (Å²) in [7, 11) is 0. The van der Waals surface area contributed by atoms with Crippen molar-refractivity contribution in [1.82, 2.24) is 20.0 Å². The number of thiazole rings is 1. The molecule has 3 rings (SSSR count). The highest BCUT2D eigenvalue weighted by atomic mass is 32.1. The summed E-state index contributed by atoms with van der Waals surface area (Å²) >= 11 is 1.44. The number of nitrogens with zero attached hydrogens (tertiary/aromatic N) is 5. The summed E-state index contributed by atoms with van der Waals surface area (Å²) in [5.41, 5.74) is 2.21. The van der Waals surface area contributed by atoms with Crippen LogP contribution in [0.2, 0.25) is 0 Å². The fraction of sp³-hybridized carbons (Fsp3) is 0.538. The zero-order chi connectivity index (χ0) is 14.7. The molecule has 1 aliphatic rings. The molecule has 2 aromatic rings. The largest absolute Gasteiger partial charge is 0.337 e. The van der Waals surface area contributed by atoms with Gasteiger partial charge >= 0.3 is 0 Å². The van der Waals surface area contributed by atoms with Crippen molar-refractivity contribution in [3.8, 4) is 0 Å². The van der Waals surface area contributed by atoms with Gasteiger partial charge in [0.1, 0.15) is 5.69 Å². The predicted molar refractivity (Wildman–Crippen MR) is 78.5 cm³/mol. The Hall–Kier alpha value is -1.96. The second-order valence-electron chi connectivity index (χ2n) is 4.85. The molecule has 1 amide bonds. The van der Waals surface area contributed by atoms with Crippen molar-refractivity contribution in [2.45, 2.75) is 19.8 Å². The molecule has 0 aliphatic carbocycles. The molecule has 3 heterocycles. The molecule has 0 aromatic carbocycles. The lowest BCUT2D eigenvalue weighted by Gasteiger charge is -2.20. The summed E-state index contributed by atoms with van der Waals surface area (Å²) in [4.78, 5) is 24.7. The average molecular weight is 307 g/mol. The van der Waals surface area contributed by atoms with Crippen molar-refractivity contribution < 1.29 is 9.32 Å². The van der Waals surface area contributed by atoms with E-state index in [2.05, 4.69) is 20.0 Å². The Labute approximate surface area is 126 Å². The molecule has 1 fully saturated rings. The lowest BCUT2D eigenvalue weighted by Crippen LogP contribution is -2.35. The third kappa shape index (κ3) is 3.05. The van der Waals surface area contributed by atoms with Gasteiger partial charge in [-0.05, 0) is 11.6 Å². The van der Waals surface area contributed by atoms with Crippen LogP contribution >= 0.6 is 11.3 Å². The first-order valence-corrected chi connectivity index (χ1v) is 7.97. The molecule has 2 aromatic heterocycles. The van der Waals surface area contributed by atoms with Gasteiger partial charge in [-0.2, -0.15) is 4.98 Å². The third-order valence-corrected chi connectivity index (χ3v) is 4.06. The van der Waals surface area contributed by atoms with Crippen LogP contribution in [-0.4, -0.2) is 52.1 Å². The maximum Gasteiger partial charge on any atom is 0.273 e. The number of aromatic nitrogens is 3. The van der Waals surface area contributed by atoms with Crippen LogP contribution in [0.1, 0.15) is 29.7 Å². The number of anilines is 1. The number of amides is 1. The zero-order valence-corrected chi connectivity index (χ0v) is 12.7. The molecule has 0 N–H and O–H groups in total. The smallest absolute Gasteiger partial charge is 0.273 e. The van der Waals surface area contributed by atoms with Crippen LogP contribution < -0.4 is 4.90 Å². The van der Waals surface area contributed by atoms with Crippen LogP contribution in [0.5, 0.6) is 0 Å². The minimum atomic E-state index is 0.000425. The first-order valence-electron chi connectivity index (χ1n) is 7.03. The first kappa shape index (κ1) is 14.0. The standard InChI is InChI=1S/C13H17N5O2S/c1-2-11-15-13(16-20-11)18-5-3-4-17(6-7-18)12(19)10-8-21-9-14-10/h8-9H,2-7H2,1H3. The Kier molecular flexibility index (Phi) is 4.14. The number of rotatable bonds is 3. The quantitative estimate of drug-likeness (QED) is 0.854. The summed E-state index contributed by atoms with van der Waals surface area (Å²) in [6.07, 6.45) is 1.61. The normalized spacial score (nSPS) is 16.0. The second-order valence-corrected chi connectivity index (χ2v) is 5.57. The summed E-state index contributed by atoms with van der Waals surface area (Å²) in [5.74, 6) is 1.26. The molecule has 1 saturated heterocycles. The molecule has 0 saturated carbocycles. The van der Waals surface area contributed by atoms with Crippen LogP contribution in [0.15, 0.2) is 15.4 Å². The highest BCUT2D eigenvalue weighted by Crippen LogP contribution is 2.14. The van der Waals surface area contributed by atoms with Gasteiger partial charge in [-0.3, -0.25) is 4.79 Å². The van der Waals surface area contributed by atoms with Gasteiger partial charge in [-0.1, -0.05) is 6.92 Å². The van der Waals surface area contributed by atoms with E-state index in [4.69, 9.17) is 4.52 Å². The van der Waals surface area contributed by atoms with Crippen LogP contribution in [0.25, 0.3) is 0 Å². The van der Waals surface area contributed by atoms with Crippen LogP contribution in [0, 0.1) is 0 Å². The molecule has 112 valence electrons. The minimum absolute atomic E-state index is 0.000425. The van der Waals surface area contributed by atoms with E-state index < -0.39 is 0 Å². The van der Waals surface area contributed by atoms with Crippen molar-refractivity contribution in [3.63, 3.8) is 0 Å². The summed E-state index contributed by atoms with van der Waals surface area (Å²) in [6, 6.07) is 0. The maximum absolute atomic E-state index is 12.3. The van der Waals surface area contributed by atoms with Crippen molar-refractivity contribution in [1.29, 1.82) is 0 Å². The van der Waals surface area contributed by atoms with E-state index in [1.165, 1.54) is 11.3 Å². The summed E-state index contributed by atoms with van der Waals surface area (Å²) in [5, 5.41) is 5.79. The average Bonchev–Trinajstić information content (AvgIpc) is 3.14. The van der Waals surface area contributed by atoms with Crippen molar-refractivity contribution in [3.05, 3.63) is 22.5 Å². The van der Waals surface area contributed by atoms with Gasteiger partial charge in [-0.15, -0.1) is 11.3 Å². The van der Waals surface area contributed by atoms with Gasteiger partial charge in [0, 0.05) is 38.0 Å². The molecular formula is C13H17N5O2S. The van der Waals surface area contributed by atoms with Gasteiger partial charge in [0.15, 0.2) is 0 Å². The topological polar surface area (TPSA) is 75.4 Å². The van der Waals surface area contributed by atoms with E-state index in [1.807, 2.05) is 11.8 Å². The zero-order valence-electron chi connectivity index (χ0n) is 11.9. The molecule has 0 spiro atoms. The lowest BCUT2D eigenvalue weighted by atomic mass is 10.3. The number of hydrogen-bond acceptors (Lipinski definition) is 7. The lowest BCUT2D eigenvalue weighted by molar-refractivity contribution is 0.0762. The Balaban J connectivity index is 1.65. The Morgan fingerprint density at radius 2 is 2.29 bits per heavy atom. The molecule has 0 bridgehead atoms. The van der Waals surface area contributed by atoms with Gasteiger partial charge in [0.05, 0.1) is 5.51 Å². The molecule has 0 unspecified atom stereocenters. The molecule has 0 atom stereocenters. The highest BCUT2D eigenvalue weighted by molar-refractivity contribution is 7.07. The van der Waals surface area contributed by atoms with E-state index in [9.17, 15) is 4.79 Å². The second kappa shape index (κ2) is 6.21. The number of carbonyl (C=O) groups is 1. The van der Waals surface area contributed by atoms with Crippen LogP contribution in [0.4, 0.5) is 5.95 Å². The van der Waals surface area contributed by atoms with Crippen molar-refractivity contribution in [2.24, 2.45) is 0 Å². The predicted octanol–water partition coefficient (Wildman–Crippen LogP) is 1.44. The van der Waals surface area contributed by atoms with Crippen LogP contribution in [-0.2, 0) is 6.42 Å². The van der Waals surface area contributed by atoms with E-state index in [1.54, 1.807) is 10.9 Å². The van der Waals surface area contributed by atoms with Crippen molar-refractivity contribution in [2.75, 3.05) is 31.1 Å². The number of aryl methyl sites for hydroxylation is 1. The van der Waals surface area contributed by atoms with Crippen LogP contribution in [0.3, 0.4) is 0 Å². The first-order chi connectivity index (χ1) is 10.3. The summed E-state index contributed by atoms with van der Waals surface area (Å²) in [6.45, 7) is 4.88. The van der Waals surface area contributed by atoms with Crippen molar-refractivity contribution >= 4 is 23.2 Å². The fourth-order valence-corrected chi connectivity index (χ4v) is 2.84. The molecule has 8 heteroatoms. The fourth-order valence-electron chi connectivity index (χ4n) is 2.32. The van der Waals surface area contributed by atoms with Gasteiger partial charge in [-0.25, -0.2) is 4.98 Å². The monoisotopic (exact) mass is 307 g/mol. The Bertz CT molecular complexity index is 597. The van der Waals surface area contributed by atoms with E-state index in [0.717, 1.165) is 25.9 Å². The van der Waals surface area contributed by atoms with E-state index in [0.29, 0.717) is 30.6 Å². The Morgan fingerprint density at radius 3 is 3.00 bits per heavy atom. The number of hydrogen-bond donors (Lipinski definition) is 0. The Morgan fingerprint density at radius 1 is 1.38 bits per heavy atom. The van der Waals surface area contributed by atoms with Gasteiger partial charge < -0.3 is 14.3 Å². The summed E-state index contributed by atoms with van der Waals surface area (Å²) < 4.78 is 5.15. The maximum atomic E-state index is 12.3. The molecule has 1 aliphatic heterocycles. The SMILES string of the molecule is CCc1nc(N2CCCN(C(=O)c3cscn3)CC2)no1. The third-order valence-electron chi connectivity index (χ3n) is 3.48. The molecule has 0 radical (unpaired) electrons. The molecular weight excluding hydrogens is 290 g/mol. The number of carbonyl (C=O) groups excluding carboxylic acids is 1. The van der Waals surface area contributed by atoms with E-state index >= 15 is 0 Å². The van der Waals surface area contributed by atoms with Gasteiger partial charge in [0.2, 0.25) is 5.89 Å². The minimum Gasteiger partial charge on any atom is -0.337 e. The molecule has 7 nitrogen and oxygen atoms in total. The molecule has 21 heavy (non-hydrogen) atoms. The highest BCUT2D eigenvalue weighted by Gasteiger charge is 2.23. The van der Waals surface area contributed by atoms with Gasteiger partial charge in [0.25, 0.3) is 11.9 Å². The van der Waals surface area contributed by atoms with E-state index in [-0.39, 0.29) is 5.91 Å².